The number of nitrogens with zero attached hydrogens (tertiary/aromatic N) is 6. The van der Waals surface area contributed by atoms with Crippen LogP contribution in [0.4, 0.5) is 0 Å². The fourth-order valence-corrected chi connectivity index (χ4v) is 2.77. The summed E-state index contributed by atoms with van der Waals surface area (Å²) >= 11 is 6.06. The van der Waals surface area contributed by atoms with Crippen molar-refractivity contribution in [1.82, 2.24) is 30.0 Å². The van der Waals surface area contributed by atoms with E-state index in [4.69, 9.17) is 11.6 Å². The molecule has 2 heterocycles. The zero-order valence-electron chi connectivity index (χ0n) is 13.8. The molecule has 0 fully saturated rings. The Bertz CT molecular complexity index is 1030. The molecule has 124 valence electrons. The number of aryl methyl sites for hydroxylation is 2. The topological polar surface area (TPSA) is 61.4 Å². The number of rotatable bonds is 3. The highest BCUT2D eigenvalue weighted by Gasteiger charge is 2.18. The van der Waals surface area contributed by atoms with Crippen LogP contribution in [0.15, 0.2) is 54.6 Å². The van der Waals surface area contributed by atoms with Crippen molar-refractivity contribution in [2.24, 2.45) is 0 Å². The van der Waals surface area contributed by atoms with Crippen LogP contribution in [0.3, 0.4) is 0 Å². The van der Waals surface area contributed by atoms with Gasteiger partial charge in [-0.05, 0) is 44.2 Å². The minimum atomic E-state index is 0.639. The molecule has 25 heavy (non-hydrogen) atoms. The molecule has 0 N–H and O–H groups in total. The Morgan fingerprint density at radius 1 is 0.680 bits per heavy atom. The molecule has 4 aromatic rings. The van der Waals surface area contributed by atoms with Crippen LogP contribution in [0.2, 0.25) is 5.02 Å². The Balaban J connectivity index is 1.77. The average molecular weight is 351 g/mol. The summed E-state index contributed by atoms with van der Waals surface area (Å²) in [5.74, 6) is 0. The summed E-state index contributed by atoms with van der Waals surface area (Å²) in [4.78, 5) is 3.18. The van der Waals surface area contributed by atoms with Crippen LogP contribution < -0.4 is 0 Å². The van der Waals surface area contributed by atoms with Crippen molar-refractivity contribution in [2.75, 3.05) is 0 Å². The maximum atomic E-state index is 6.06. The third-order valence-corrected chi connectivity index (χ3v) is 4.05. The molecule has 0 radical (unpaired) electrons. The number of aromatic nitrogens is 6. The molecule has 0 atom stereocenters. The number of benzene rings is 2. The molecular weight excluding hydrogens is 336 g/mol. The Kier molecular flexibility index (Phi) is 3.82. The van der Waals surface area contributed by atoms with E-state index in [1.807, 2.05) is 68.4 Å². The third kappa shape index (κ3) is 2.92. The van der Waals surface area contributed by atoms with Gasteiger partial charge in [0.15, 0.2) is 0 Å². The van der Waals surface area contributed by atoms with E-state index < -0.39 is 0 Å². The highest BCUT2D eigenvalue weighted by molar-refractivity contribution is 6.30. The summed E-state index contributed by atoms with van der Waals surface area (Å²) in [7, 11) is 0. The van der Waals surface area contributed by atoms with Gasteiger partial charge < -0.3 is 0 Å². The van der Waals surface area contributed by atoms with Gasteiger partial charge in [0, 0.05) is 5.02 Å². The molecule has 4 rings (SSSR count). The molecule has 6 nitrogen and oxygen atoms in total. The van der Waals surface area contributed by atoms with E-state index in [2.05, 4.69) is 20.4 Å². The number of halogens is 1. The number of hydrogen-bond acceptors (Lipinski definition) is 4. The van der Waals surface area contributed by atoms with Crippen molar-refractivity contribution in [1.29, 1.82) is 0 Å². The Morgan fingerprint density at radius 2 is 1.24 bits per heavy atom. The van der Waals surface area contributed by atoms with Crippen LogP contribution in [0, 0.1) is 13.8 Å². The maximum Gasteiger partial charge on any atom is 0.138 e. The van der Waals surface area contributed by atoms with Gasteiger partial charge in [0.05, 0.1) is 22.8 Å². The SMILES string of the molecule is Cc1nn(-c2ccccc2)nc1-c1nn(-c2cccc(Cl)c2)nc1C. The Morgan fingerprint density at radius 3 is 1.84 bits per heavy atom. The normalized spacial score (nSPS) is 11.0. The average Bonchev–Trinajstić information content (AvgIpc) is 3.18. The van der Waals surface area contributed by atoms with Gasteiger partial charge >= 0.3 is 0 Å². The van der Waals surface area contributed by atoms with Gasteiger partial charge in [0.2, 0.25) is 0 Å². The van der Waals surface area contributed by atoms with Gasteiger partial charge in [0.1, 0.15) is 11.4 Å². The Hall–Kier alpha value is -2.99. The first-order valence-corrected chi connectivity index (χ1v) is 8.19. The predicted molar refractivity (Wildman–Crippen MR) is 96.2 cm³/mol. The van der Waals surface area contributed by atoms with Crippen molar-refractivity contribution < 1.29 is 0 Å². The smallest absolute Gasteiger partial charge is 0.138 e. The third-order valence-electron chi connectivity index (χ3n) is 3.81. The Labute approximate surface area is 149 Å². The summed E-state index contributed by atoms with van der Waals surface area (Å²) < 4.78 is 0. The molecule has 0 aliphatic heterocycles. The van der Waals surface area contributed by atoms with Gasteiger partial charge in [0.25, 0.3) is 0 Å². The molecule has 7 heteroatoms. The van der Waals surface area contributed by atoms with Crippen LogP contribution in [0.1, 0.15) is 11.4 Å². The molecule has 2 aromatic carbocycles. The molecule has 2 aromatic heterocycles. The molecule has 0 amide bonds. The first kappa shape index (κ1) is 15.5. The van der Waals surface area contributed by atoms with Gasteiger partial charge in [-0.15, -0.1) is 10.2 Å². The predicted octanol–water partition coefficient (Wildman–Crippen LogP) is 3.79. The second-order valence-corrected chi connectivity index (χ2v) is 6.10. The summed E-state index contributed by atoms with van der Waals surface area (Å²) in [5.41, 5.74) is 4.70. The molecule has 0 aliphatic rings. The zero-order valence-corrected chi connectivity index (χ0v) is 14.5. The van der Waals surface area contributed by atoms with Crippen LogP contribution in [0.5, 0.6) is 0 Å². The van der Waals surface area contributed by atoms with Gasteiger partial charge in [-0.1, -0.05) is 35.9 Å². The lowest BCUT2D eigenvalue weighted by atomic mass is 10.2. The molecule has 0 spiro atoms. The van der Waals surface area contributed by atoms with Crippen LogP contribution in [0.25, 0.3) is 22.8 Å². The standard InChI is InChI=1S/C18H15ClN6/c1-12-17(22-24(20-12)15-8-4-3-5-9-15)18-13(2)21-25(23-18)16-10-6-7-14(19)11-16/h3-11H,1-2H3. The van der Waals surface area contributed by atoms with Crippen molar-refractivity contribution in [3.8, 4) is 22.8 Å². The second kappa shape index (κ2) is 6.14. The fourth-order valence-electron chi connectivity index (χ4n) is 2.59. The molecule has 0 saturated carbocycles. The lowest BCUT2D eigenvalue weighted by molar-refractivity contribution is 0.740. The van der Waals surface area contributed by atoms with Crippen LogP contribution in [-0.4, -0.2) is 30.0 Å². The lowest BCUT2D eigenvalue weighted by Gasteiger charge is -1.99. The highest BCUT2D eigenvalue weighted by atomic mass is 35.5. The summed E-state index contributed by atoms with van der Waals surface area (Å²) in [5, 5.41) is 18.8. The van der Waals surface area contributed by atoms with Crippen molar-refractivity contribution in [2.45, 2.75) is 13.8 Å². The largest absolute Gasteiger partial charge is 0.153 e. The minimum Gasteiger partial charge on any atom is -0.153 e. The molecule has 0 bridgehead atoms. The van der Waals surface area contributed by atoms with E-state index in [0.717, 1.165) is 28.5 Å². The van der Waals surface area contributed by atoms with E-state index in [0.29, 0.717) is 10.7 Å². The van der Waals surface area contributed by atoms with Crippen molar-refractivity contribution >= 4 is 11.6 Å². The van der Waals surface area contributed by atoms with Crippen molar-refractivity contribution in [3.63, 3.8) is 0 Å². The summed E-state index contributed by atoms with van der Waals surface area (Å²) in [6, 6.07) is 17.2. The molecule has 0 aliphatic carbocycles. The zero-order chi connectivity index (χ0) is 17.4. The van der Waals surface area contributed by atoms with Gasteiger partial charge in [-0.2, -0.15) is 19.8 Å². The monoisotopic (exact) mass is 350 g/mol. The fraction of sp³-hybridized carbons (Fsp3) is 0.111. The first-order valence-electron chi connectivity index (χ1n) is 7.81. The minimum absolute atomic E-state index is 0.639. The first-order chi connectivity index (χ1) is 12.1. The quantitative estimate of drug-likeness (QED) is 0.564. The summed E-state index contributed by atoms with van der Waals surface area (Å²) in [6.07, 6.45) is 0. The van der Waals surface area contributed by atoms with Crippen molar-refractivity contribution in [3.05, 3.63) is 71.0 Å². The van der Waals surface area contributed by atoms with E-state index in [-0.39, 0.29) is 0 Å². The maximum absolute atomic E-state index is 6.06. The summed E-state index contributed by atoms with van der Waals surface area (Å²) in [6.45, 7) is 3.82. The van der Waals surface area contributed by atoms with Gasteiger partial charge in [-0.25, -0.2) is 0 Å². The number of hydrogen-bond donors (Lipinski definition) is 0. The van der Waals surface area contributed by atoms with E-state index in [1.165, 1.54) is 0 Å². The molecule has 0 saturated heterocycles. The van der Waals surface area contributed by atoms with E-state index in [9.17, 15) is 0 Å². The molecule has 0 unspecified atom stereocenters. The highest BCUT2D eigenvalue weighted by Crippen LogP contribution is 2.23. The van der Waals surface area contributed by atoms with E-state index >= 15 is 0 Å². The van der Waals surface area contributed by atoms with Crippen LogP contribution in [-0.2, 0) is 0 Å². The molecular formula is C18H15ClN6. The van der Waals surface area contributed by atoms with Gasteiger partial charge in [-0.3, -0.25) is 0 Å². The lowest BCUT2D eigenvalue weighted by Crippen LogP contribution is -1.99. The second-order valence-electron chi connectivity index (χ2n) is 5.66. The number of para-hydroxylation sites is 1. The van der Waals surface area contributed by atoms with Crippen LogP contribution >= 0.6 is 11.6 Å². The van der Waals surface area contributed by atoms with E-state index in [1.54, 1.807) is 9.59 Å².